The number of phosphoric ester groups is 1. The smallest absolute Gasteiger partial charge is 0.462 e. The summed E-state index contributed by atoms with van der Waals surface area (Å²) < 4.78 is 34.0. The molecule has 0 aromatic carbocycles. The van der Waals surface area contributed by atoms with Crippen molar-refractivity contribution in [3.8, 4) is 0 Å². The molecule has 9 nitrogen and oxygen atoms in total. The Morgan fingerprint density at radius 2 is 1.16 bits per heavy atom. The highest BCUT2D eigenvalue weighted by atomic mass is 79.9. The van der Waals surface area contributed by atoms with Gasteiger partial charge in [0, 0.05) is 18.2 Å². The van der Waals surface area contributed by atoms with Crippen LogP contribution in [0.4, 0.5) is 0 Å². The third-order valence-electron chi connectivity index (χ3n) is 7.17. The van der Waals surface area contributed by atoms with Crippen LogP contribution in [0.25, 0.3) is 0 Å². The zero-order chi connectivity index (χ0) is 32.2. The minimum absolute atomic E-state index is 0.0340. The Kier molecular flexibility index (Phi) is 27.4. The van der Waals surface area contributed by atoms with E-state index in [1.807, 2.05) is 21.1 Å². The first-order chi connectivity index (χ1) is 20.5. The zero-order valence-corrected chi connectivity index (χ0v) is 30.3. The molecule has 0 aliphatic rings. The summed E-state index contributed by atoms with van der Waals surface area (Å²) >= 11 is 3.46. The van der Waals surface area contributed by atoms with E-state index in [0.29, 0.717) is 23.9 Å². The van der Waals surface area contributed by atoms with Crippen molar-refractivity contribution in [3.05, 3.63) is 0 Å². The molecule has 0 saturated carbocycles. The van der Waals surface area contributed by atoms with Crippen LogP contribution in [0.5, 0.6) is 0 Å². The molecule has 2 atom stereocenters. The molecule has 0 heterocycles. The summed E-state index contributed by atoms with van der Waals surface area (Å²) in [6.45, 7) is 2.14. The van der Waals surface area contributed by atoms with E-state index >= 15 is 0 Å². The third kappa shape index (κ3) is 31.3. The molecular formula is C32H64BrNO8P+. The van der Waals surface area contributed by atoms with Gasteiger partial charge in [0.1, 0.15) is 19.8 Å². The Hall–Kier alpha value is -0.510. The van der Waals surface area contributed by atoms with Gasteiger partial charge in [0.05, 0.1) is 27.7 Å². The number of halogens is 1. The van der Waals surface area contributed by atoms with Gasteiger partial charge < -0.3 is 18.9 Å². The molecule has 43 heavy (non-hydrogen) atoms. The lowest BCUT2D eigenvalue weighted by Crippen LogP contribution is -2.37. The molecular weight excluding hydrogens is 637 g/mol. The van der Waals surface area contributed by atoms with Gasteiger partial charge in [-0.3, -0.25) is 18.6 Å². The maximum atomic E-state index is 12.5. The number of quaternary nitrogens is 1. The number of hydrogen-bond donors (Lipinski definition) is 1. The number of ether oxygens (including phenoxy) is 2. The molecule has 0 aromatic rings. The first-order valence-corrected chi connectivity index (χ1v) is 19.4. The average Bonchev–Trinajstić information content (AvgIpc) is 2.93. The molecule has 1 unspecified atom stereocenters. The summed E-state index contributed by atoms with van der Waals surface area (Å²) in [4.78, 5) is 34.9. The molecule has 0 radical (unpaired) electrons. The number of unbranched alkanes of at least 4 members (excludes halogenated alkanes) is 16. The van der Waals surface area contributed by atoms with Crippen LogP contribution in [0.3, 0.4) is 0 Å². The summed E-state index contributed by atoms with van der Waals surface area (Å²) in [6, 6.07) is 0. The van der Waals surface area contributed by atoms with Crippen LogP contribution >= 0.6 is 23.8 Å². The van der Waals surface area contributed by atoms with Crippen LogP contribution < -0.4 is 0 Å². The summed E-state index contributed by atoms with van der Waals surface area (Å²) in [5, 5.41) is 1.07. The summed E-state index contributed by atoms with van der Waals surface area (Å²) in [6.07, 6.45) is 20.0. The maximum Gasteiger partial charge on any atom is 0.472 e. The summed E-state index contributed by atoms with van der Waals surface area (Å²) in [7, 11) is 1.48. The highest BCUT2D eigenvalue weighted by molar-refractivity contribution is 9.09. The Labute approximate surface area is 271 Å². The predicted octanol–water partition coefficient (Wildman–Crippen LogP) is 8.50. The van der Waals surface area contributed by atoms with Crippen LogP contribution in [-0.2, 0) is 32.7 Å². The first-order valence-electron chi connectivity index (χ1n) is 16.8. The minimum Gasteiger partial charge on any atom is -0.462 e. The van der Waals surface area contributed by atoms with Crippen LogP contribution in [0.15, 0.2) is 0 Å². The SMILES string of the molecule is CCCCCCCCCCCC(=O)OC[C@H](COP(=O)(O)OCC[N+](C)(C)C)OC(=O)CCCCCCCCCCCBr. The number of esters is 2. The first kappa shape index (κ1) is 42.5. The van der Waals surface area contributed by atoms with Gasteiger partial charge in [0.2, 0.25) is 0 Å². The topological polar surface area (TPSA) is 108 Å². The molecule has 11 heteroatoms. The van der Waals surface area contributed by atoms with Gasteiger partial charge in [-0.25, -0.2) is 4.57 Å². The number of hydrogen-bond acceptors (Lipinski definition) is 7. The van der Waals surface area contributed by atoms with Gasteiger partial charge in [-0.1, -0.05) is 119 Å². The van der Waals surface area contributed by atoms with Crippen LogP contribution in [-0.4, -0.2) is 80.3 Å². The van der Waals surface area contributed by atoms with Crippen LogP contribution in [0.1, 0.15) is 135 Å². The number of carbonyl (C=O) groups is 2. The van der Waals surface area contributed by atoms with Crippen molar-refractivity contribution in [1.82, 2.24) is 0 Å². The Morgan fingerprint density at radius 1 is 0.698 bits per heavy atom. The van der Waals surface area contributed by atoms with Gasteiger partial charge in [0.25, 0.3) is 0 Å². The zero-order valence-electron chi connectivity index (χ0n) is 27.8. The fourth-order valence-electron chi connectivity index (χ4n) is 4.44. The van der Waals surface area contributed by atoms with Crippen molar-refractivity contribution in [1.29, 1.82) is 0 Å². The van der Waals surface area contributed by atoms with E-state index in [-0.39, 0.29) is 25.6 Å². The van der Waals surface area contributed by atoms with E-state index in [2.05, 4.69) is 22.9 Å². The second-order valence-electron chi connectivity index (χ2n) is 12.6. The fourth-order valence-corrected chi connectivity index (χ4v) is 5.58. The van der Waals surface area contributed by atoms with Crippen molar-refractivity contribution < 1.29 is 42.1 Å². The average molecular weight is 702 g/mol. The summed E-state index contributed by atoms with van der Waals surface area (Å²) in [5.74, 6) is -0.806. The summed E-state index contributed by atoms with van der Waals surface area (Å²) in [5.41, 5.74) is 0. The van der Waals surface area contributed by atoms with Crippen LogP contribution in [0, 0.1) is 0 Å². The maximum absolute atomic E-state index is 12.5. The van der Waals surface area contributed by atoms with E-state index < -0.39 is 26.5 Å². The minimum atomic E-state index is -4.35. The number of alkyl halides is 1. The molecule has 0 aromatic heterocycles. The molecule has 1 N–H and O–H groups in total. The molecule has 0 aliphatic heterocycles. The van der Waals surface area contributed by atoms with Crippen molar-refractivity contribution in [3.63, 3.8) is 0 Å². The van der Waals surface area contributed by atoms with Crippen molar-refractivity contribution in [2.75, 3.05) is 52.8 Å². The number of likely N-dealkylation sites (N-methyl/N-ethyl adjacent to an activating group) is 1. The van der Waals surface area contributed by atoms with E-state index in [4.69, 9.17) is 18.5 Å². The normalized spacial score (nSPS) is 13.9. The van der Waals surface area contributed by atoms with Crippen molar-refractivity contribution >= 4 is 35.7 Å². The predicted molar refractivity (Wildman–Crippen MR) is 177 cm³/mol. The highest BCUT2D eigenvalue weighted by Crippen LogP contribution is 2.43. The molecule has 0 fully saturated rings. The van der Waals surface area contributed by atoms with E-state index in [0.717, 1.165) is 43.9 Å². The molecule has 256 valence electrons. The third-order valence-corrected chi connectivity index (χ3v) is 8.71. The second-order valence-corrected chi connectivity index (χ2v) is 14.9. The van der Waals surface area contributed by atoms with E-state index in [1.54, 1.807) is 0 Å². The molecule has 0 amide bonds. The molecule has 0 bridgehead atoms. The Bertz CT molecular complexity index is 735. The number of phosphoric acid groups is 1. The molecule has 0 spiro atoms. The Morgan fingerprint density at radius 3 is 1.65 bits per heavy atom. The van der Waals surface area contributed by atoms with Gasteiger partial charge in [-0.2, -0.15) is 0 Å². The van der Waals surface area contributed by atoms with Gasteiger partial charge in [-0.05, 0) is 19.3 Å². The molecule has 0 rings (SSSR count). The second kappa shape index (κ2) is 27.8. The monoisotopic (exact) mass is 700 g/mol. The molecule has 0 aliphatic carbocycles. The van der Waals surface area contributed by atoms with Crippen LogP contribution in [0.2, 0.25) is 0 Å². The lowest BCUT2D eigenvalue weighted by Gasteiger charge is -2.24. The molecule has 0 saturated heterocycles. The standard InChI is InChI=1S/C32H63BrNO8P/c1-5-6-7-8-9-11-14-17-20-23-31(35)39-28-30(29-41-43(37,38)40-27-26-34(2,3)4)42-32(36)24-21-18-15-12-10-13-16-19-22-25-33/h30H,5-29H2,1-4H3/p+1/t30-/m1/s1. The lowest BCUT2D eigenvalue weighted by atomic mass is 10.1. The van der Waals surface area contributed by atoms with Crippen molar-refractivity contribution in [2.24, 2.45) is 0 Å². The van der Waals surface area contributed by atoms with E-state index in [9.17, 15) is 19.0 Å². The van der Waals surface area contributed by atoms with Gasteiger partial charge in [0.15, 0.2) is 6.10 Å². The van der Waals surface area contributed by atoms with Gasteiger partial charge in [-0.15, -0.1) is 0 Å². The van der Waals surface area contributed by atoms with Crippen molar-refractivity contribution in [2.45, 2.75) is 141 Å². The van der Waals surface area contributed by atoms with Gasteiger partial charge >= 0.3 is 19.8 Å². The Balaban J connectivity index is 4.49. The number of carbonyl (C=O) groups excluding carboxylic acids is 2. The number of nitrogens with zero attached hydrogens (tertiary/aromatic N) is 1. The lowest BCUT2D eigenvalue weighted by molar-refractivity contribution is -0.870. The fraction of sp³-hybridized carbons (Fsp3) is 0.938. The number of rotatable bonds is 31. The quantitative estimate of drug-likeness (QED) is 0.0252. The highest BCUT2D eigenvalue weighted by Gasteiger charge is 2.27. The largest absolute Gasteiger partial charge is 0.472 e. The van der Waals surface area contributed by atoms with E-state index in [1.165, 1.54) is 70.6 Å².